The van der Waals surface area contributed by atoms with Crippen molar-refractivity contribution in [3.05, 3.63) is 0 Å². The predicted molar refractivity (Wildman–Crippen MR) is 64.3 cm³/mol. The van der Waals surface area contributed by atoms with E-state index in [1.54, 1.807) is 0 Å². The summed E-state index contributed by atoms with van der Waals surface area (Å²) in [6, 6.07) is 0. The highest BCUT2D eigenvalue weighted by Crippen LogP contribution is 2.23. The first-order valence-electron chi connectivity index (χ1n) is 6.67. The zero-order valence-corrected chi connectivity index (χ0v) is 10.7. The summed E-state index contributed by atoms with van der Waals surface area (Å²) < 4.78 is 11.3. The van der Waals surface area contributed by atoms with Crippen LogP contribution in [-0.2, 0) is 9.47 Å². The lowest BCUT2D eigenvalue weighted by Gasteiger charge is -2.19. The fourth-order valence-corrected chi connectivity index (χ4v) is 2.61. The van der Waals surface area contributed by atoms with E-state index in [4.69, 9.17) is 9.47 Å². The van der Waals surface area contributed by atoms with Crippen molar-refractivity contribution in [2.75, 3.05) is 33.0 Å². The van der Waals surface area contributed by atoms with E-state index in [9.17, 15) is 0 Å². The summed E-state index contributed by atoms with van der Waals surface area (Å²) in [6.07, 6.45) is 4.08. The monoisotopic (exact) mass is 227 g/mol. The van der Waals surface area contributed by atoms with E-state index in [1.165, 1.54) is 32.4 Å². The summed E-state index contributed by atoms with van der Waals surface area (Å²) in [7, 11) is 0. The van der Waals surface area contributed by atoms with Gasteiger partial charge in [0.2, 0.25) is 0 Å². The summed E-state index contributed by atoms with van der Waals surface area (Å²) >= 11 is 0. The molecule has 2 unspecified atom stereocenters. The number of hydrogen-bond donors (Lipinski definition) is 0. The third-order valence-corrected chi connectivity index (χ3v) is 3.85. The van der Waals surface area contributed by atoms with Crippen LogP contribution in [0.4, 0.5) is 0 Å². The van der Waals surface area contributed by atoms with Gasteiger partial charge >= 0.3 is 0 Å². The smallest absolute Gasteiger partial charge is 0.0991 e. The SMILES string of the molecule is CC(C)C1CCN(COCC2CCCO2)C1. The predicted octanol–water partition coefficient (Wildman–Crippen LogP) is 2.12. The first-order valence-corrected chi connectivity index (χ1v) is 6.67. The van der Waals surface area contributed by atoms with Crippen LogP contribution < -0.4 is 0 Å². The van der Waals surface area contributed by atoms with Crippen molar-refractivity contribution in [1.29, 1.82) is 0 Å². The average molecular weight is 227 g/mol. The van der Waals surface area contributed by atoms with Crippen LogP contribution in [0.5, 0.6) is 0 Å². The van der Waals surface area contributed by atoms with Gasteiger partial charge in [0.25, 0.3) is 0 Å². The quantitative estimate of drug-likeness (QED) is 0.718. The molecule has 0 spiro atoms. The summed E-state index contributed by atoms with van der Waals surface area (Å²) in [5.74, 6) is 1.68. The molecule has 2 rings (SSSR count). The Hall–Kier alpha value is -0.120. The zero-order chi connectivity index (χ0) is 11.4. The largest absolute Gasteiger partial charge is 0.376 e. The fourth-order valence-electron chi connectivity index (χ4n) is 2.61. The van der Waals surface area contributed by atoms with Crippen LogP contribution in [0.2, 0.25) is 0 Å². The van der Waals surface area contributed by atoms with Gasteiger partial charge < -0.3 is 9.47 Å². The summed E-state index contributed by atoms with van der Waals surface area (Å²) in [6.45, 7) is 9.55. The molecule has 0 radical (unpaired) electrons. The van der Waals surface area contributed by atoms with E-state index < -0.39 is 0 Å². The van der Waals surface area contributed by atoms with Crippen molar-refractivity contribution >= 4 is 0 Å². The van der Waals surface area contributed by atoms with Gasteiger partial charge in [-0.3, -0.25) is 4.90 Å². The van der Waals surface area contributed by atoms with E-state index in [2.05, 4.69) is 18.7 Å². The molecule has 16 heavy (non-hydrogen) atoms. The van der Waals surface area contributed by atoms with Gasteiger partial charge in [0.1, 0.15) is 0 Å². The molecule has 2 saturated heterocycles. The molecule has 0 N–H and O–H groups in total. The van der Waals surface area contributed by atoms with Gasteiger partial charge in [0, 0.05) is 19.7 Å². The third kappa shape index (κ3) is 3.44. The second-order valence-corrected chi connectivity index (χ2v) is 5.50. The highest BCUT2D eigenvalue weighted by molar-refractivity contribution is 4.76. The Labute approximate surface area is 99.1 Å². The lowest BCUT2D eigenvalue weighted by atomic mass is 9.95. The van der Waals surface area contributed by atoms with Crippen molar-refractivity contribution in [3.8, 4) is 0 Å². The molecule has 0 aromatic heterocycles. The van der Waals surface area contributed by atoms with Crippen LogP contribution in [0.15, 0.2) is 0 Å². The highest BCUT2D eigenvalue weighted by atomic mass is 16.5. The molecule has 3 heteroatoms. The van der Waals surface area contributed by atoms with Gasteiger partial charge in [0.15, 0.2) is 0 Å². The Morgan fingerprint density at radius 1 is 1.38 bits per heavy atom. The Balaban J connectivity index is 1.57. The van der Waals surface area contributed by atoms with Crippen LogP contribution in [0, 0.1) is 11.8 Å². The zero-order valence-electron chi connectivity index (χ0n) is 10.7. The van der Waals surface area contributed by atoms with Crippen LogP contribution in [0.3, 0.4) is 0 Å². The Kier molecular flexibility index (Phi) is 4.62. The molecule has 0 aliphatic carbocycles. The molecule has 2 aliphatic rings. The molecule has 0 amide bonds. The molecule has 94 valence electrons. The molecule has 0 aromatic carbocycles. The second kappa shape index (κ2) is 5.99. The van der Waals surface area contributed by atoms with Gasteiger partial charge in [-0.2, -0.15) is 0 Å². The Morgan fingerprint density at radius 3 is 2.88 bits per heavy atom. The normalized spacial score (nSPS) is 31.7. The summed E-state index contributed by atoms with van der Waals surface area (Å²) in [5, 5.41) is 0. The van der Waals surface area contributed by atoms with Gasteiger partial charge in [0.05, 0.1) is 19.4 Å². The molecular formula is C13H25NO2. The molecule has 2 aliphatic heterocycles. The van der Waals surface area contributed by atoms with Gasteiger partial charge in [-0.05, 0) is 31.1 Å². The van der Waals surface area contributed by atoms with Crippen LogP contribution in [-0.4, -0.2) is 44.0 Å². The first kappa shape index (κ1) is 12.3. The van der Waals surface area contributed by atoms with Gasteiger partial charge in [-0.1, -0.05) is 13.8 Å². The molecule has 0 bridgehead atoms. The Morgan fingerprint density at radius 2 is 2.25 bits per heavy atom. The highest BCUT2D eigenvalue weighted by Gasteiger charge is 2.25. The topological polar surface area (TPSA) is 21.7 Å². The number of rotatable bonds is 5. The number of nitrogens with zero attached hydrogens (tertiary/aromatic N) is 1. The molecule has 3 nitrogen and oxygen atoms in total. The van der Waals surface area contributed by atoms with Crippen molar-refractivity contribution in [3.63, 3.8) is 0 Å². The van der Waals surface area contributed by atoms with E-state index in [-0.39, 0.29) is 0 Å². The minimum atomic E-state index is 0.364. The molecule has 0 aromatic rings. The summed E-state index contributed by atoms with van der Waals surface area (Å²) in [5.41, 5.74) is 0. The van der Waals surface area contributed by atoms with Crippen molar-refractivity contribution in [2.45, 2.75) is 39.2 Å². The maximum Gasteiger partial charge on any atom is 0.0991 e. The molecule has 0 saturated carbocycles. The number of likely N-dealkylation sites (tertiary alicyclic amines) is 1. The minimum absolute atomic E-state index is 0.364. The molecular weight excluding hydrogens is 202 g/mol. The van der Waals surface area contributed by atoms with Gasteiger partial charge in [-0.25, -0.2) is 0 Å². The van der Waals surface area contributed by atoms with Gasteiger partial charge in [-0.15, -0.1) is 0 Å². The summed E-state index contributed by atoms with van der Waals surface area (Å²) in [4.78, 5) is 2.43. The first-order chi connectivity index (χ1) is 7.75. The van der Waals surface area contributed by atoms with Crippen LogP contribution in [0.1, 0.15) is 33.1 Å². The Bertz CT molecular complexity index is 202. The number of hydrogen-bond acceptors (Lipinski definition) is 3. The average Bonchev–Trinajstić information content (AvgIpc) is 2.87. The third-order valence-electron chi connectivity index (χ3n) is 3.85. The van der Waals surface area contributed by atoms with E-state index in [1.807, 2.05) is 0 Å². The standard InChI is InChI=1S/C13H25NO2/c1-11(2)12-5-6-14(8-12)10-15-9-13-4-3-7-16-13/h11-13H,3-10H2,1-2H3. The molecule has 2 atom stereocenters. The fraction of sp³-hybridized carbons (Fsp3) is 1.00. The van der Waals surface area contributed by atoms with Crippen molar-refractivity contribution in [1.82, 2.24) is 4.90 Å². The van der Waals surface area contributed by atoms with E-state index in [0.29, 0.717) is 6.10 Å². The molecule has 2 fully saturated rings. The lowest BCUT2D eigenvalue weighted by Crippen LogP contribution is -2.27. The molecule has 2 heterocycles. The van der Waals surface area contributed by atoms with Crippen molar-refractivity contribution in [2.24, 2.45) is 11.8 Å². The number of ether oxygens (including phenoxy) is 2. The minimum Gasteiger partial charge on any atom is -0.376 e. The second-order valence-electron chi connectivity index (χ2n) is 5.50. The van der Waals surface area contributed by atoms with Crippen LogP contribution in [0.25, 0.3) is 0 Å². The van der Waals surface area contributed by atoms with E-state index >= 15 is 0 Å². The van der Waals surface area contributed by atoms with E-state index in [0.717, 1.165) is 31.8 Å². The maximum absolute atomic E-state index is 5.73. The van der Waals surface area contributed by atoms with Crippen LogP contribution >= 0.6 is 0 Å². The lowest BCUT2D eigenvalue weighted by molar-refractivity contribution is -0.0221. The maximum atomic E-state index is 5.73. The van der Waals surface area contributed by atoms with Crippen molar-refractivity contribution < 1.29 is 9.47 Å².